The van der Waals surface area contributed by atoms with Gasteiger partial charge in [-0.05, 0) is 56.3 Å². The molecule has 0 aliphatic heterocycles. The van der Waals surface area contributed by atoms with Crippen LogP contribution in [0.25, 0.3) is 0 Å². The SMILES string of the molecule is NCCc1nnc(NC23CC4CC(CC(C4)C2)C3)o1. The molecule has 5 rings (SSSR count). The van der Waals surface area contributed by atoms with Crippen LogP contribution in [-0.4, -0.2) is 22.3 Å². The molecule has 4 aliphatic rings. The Balaban J connectivity index is 1.52. The minimum Gasteiger partial charge on any atom is -0.408 e. The maximum absolute atomic E-state index is 5.65. The zero-order valence-corrected chi connectivity index (χ0v) is 11.3. The van der Waals surface area contributed by atoms with Gasteiger partial charge in [0.15, 0.2) is 0 Å². The second-order valence-electron chi connectivity index (χ2n) is 6.86. The van der Waals surface area contributed by atoms with Crippen molar-refractivity contribution < 1.29 is 4.42 Å². The molecule has 0 unspecified atom stereocenters. The molecule has 5 heteroatoms. The van der Waals surface area contributed by atoms with Crippen LogP contribution in [0, 0.1) is 17.8 Å². The van der Waals surface area contributed by atoms with E-state index in [4.69, 9.17) is 10.2 Å². The Bertz CT molecular complexity index is 434. The monoisotopic (exact) mass is 262 g/mol. The molecule has 4 saturated carbocycles. The molecule has 104 valence electrons. The molecule has 1 aromatic rings. The Labute approximate surface area is 113 Å². The third kappa shape index (κ3) is 2.04. The number of anilines is 1. The van der Waals surface area contributed by atoms with Crippen molar-refractivity contribution in [3.8, 4) is 0 Å². The van der Waals surface area contributed by atoms with Gasteiger partial charge in [-0.3, -0.25) is 0 Å². The molecule has 19 heavy (non-hydrogen) atoms. The first kappa shape index (κ1) is 11.7. The van der Waals surface area contributed by atoms with Crippen LogP contribution < -0.4 is 11.1 Å². The average molecular weight is 262 g/mol. The summed E-state index contributed by atoms with van der Waals surface area (Å²) in [4.78, 5) is 0. The number of nitrogens with two attached hydrogens (primary N) is 1. The molecule has 1 aromatic heterocycles. The summed E-state index contributed by atoms with van der Waals surface area (Å²) >= 11 is 0. The highest BCUT2D eigenvalue weighted by atomic mass is 16.4. The summed E-state index contributed by atoms with van der Waals surface area (Å²) < 4.78 is 5.65. The summed E-state index contributed by atoms with van der Waals surface area (Å²) in [7, 11) is 0. The van der Waals surface area contributed by atoms with Crippen LogP contribution in [0.2, 0.25) is 0 Å². The molecular formula is C14H22N4O. The van der Waals surface area contributed by atoms with E-state index in [0.29, 0.717) is 24.9 Å². The highest BCUT2D eigenvalue weighted by Crippen LogP contribution is 2.56. The minimum atomic E-state index is 0.237. The van der Waals surface area contributed by atoms with Gasteiger partial charge in [0.1, 0.15) is 0 Å². The van der Waals surface area contributed by atoms with Crippen LogP contribution in [0.4, 0.5) is 6.01 Å². The molecule has 0 spiro atoms. The molecule has 3 N–H and O–H groups in total. The topological polar surface area (TPSA) is 77.0 Å². The van der Waals surface area contributed by atoms with Gasteiger partial charge in [0.25, 0.3) is 0 Å². The molecule has 5 nitrogen and oxygen atoms in total. The zero-order chi connectivity index (χ0) is 12.9. The first-order chi connectivity index (χ1) is 9.25. The maximum Gasteiger partial charge on any atom is 0.315 e. The fourth-order valence-corrected chi connectivity index (χ4v) is 5.02. The van der Waals surface area contributed by atoms with Crippen molar-refractivity contribution in [3.63, 3.8) is 0 Å². The Morgan fingerprint density at radius 3 is 2.32 bits per heavy atom. The lowest BCUT2D eigenvalue weighted by atomic mass is 9.53. The summed E-state index contributed by atoms with van der Waals surface area (Å²) in [6.45, 7) is 0.555. The predicted octanol–water partition coefficient (Wildman–Crippen LogP) is 1.95. The van der Waals surface area contributed by atoms with Crippen molar-refractivity contribution in [2.45, 2.75) is 50.5 Å². The second-order valence-corrected chi connectivity index (χ2v) is 6.86. The summed E-state index contributed by atoms with van der Waals surface area (Å²) in [6, 6.07) is 0.602. The first-order valence-corrected chi connectivity index (χ1v) is 7.55. The molecule has 0 saturated heterocycles. The van der Waals surface area contributed by atoms with Gasteiger partial charge >= 0.3 is 6.01 Å². The summed E-state index contributed by atoms with van der Waals surface area (Å²) in [5.74, 6) is 3.41. The van der Waals surface area contributed by atoms with E-state index in [1.165, 1.54) is 38.5 Å². The van der Waals surface area contributed by atoms with Gasteiger partial charge in [-0.1, -0.05) is 5.10 Å². The van der Waals surface area contributed by atoms with E-state index in [1.807, 2.05) is 0 Å². The number of rotatable bonds is 4. The van der Waals surface area contributed by atoms with E-state index in [1.54, 1.807) is 0 Å². The van der Waals surface area contributed by atoms with Crippen molar-refractivity contribution >= 4 is 6.01 Å². The highest BCUT2D eigenvalue weighted by molar-refractivity contribution is 5.27. The van der Waals surface area contributed by atoms with Crippen LogP contribution in [0.1, 0.15) is 44.4 Å². The van der Waals surface area contributed by atoms with Gasteiger partial charge in [0, 0.05) is 18.5 Å². The molecule has 0 atom stereocenters. The standard InChI is InChI=1S/C14H22N4O/c15-2-1-12-17-18-13(19-12)16-14-6-9-3-10(7-14)5-11(4-9)8-14/h9-11H,1-8,15H2,(H,16,18). The van der Waals surface area contributed by atoms with Crippen LogP contribution in [0.15, 0.2) is 4.42 Å². The lowest BCUT2D eigenvalue weighted by molar-refractivity contribution is 0.00959. The Morgan fingerprint density at radius 1 is 1.11 bits per heavy atom. The van der Waals surface area contributed by atoms with Crippen molar-refractivity contribution in [3.05, 3.63) is 5.89 Å². The molecule has 4 fully saturated rings. The van der Waals surface area contributed by atoms with Gasteiger partial charge in [-0.25, -0.2) is 0 Å². The molecule has 0 amide bonds. The predicted molar refractivity (Wildman–Crippen MR) is 71.6 cm³/mol. The largest absolute Gasteiger partial charge is 0.408 e. The number of hydrogen-bond acceptors (Lipinski definition) is 5. The van der Waals surface area contributed by atoms with Crippen LogP contribution in [-0.2, 0) is 6.42 Å². The molecule has 0 aromatic carbocycles. The lowest BCUT2D eigenvalue weighted by Gasteiger charge is -2.56. The van der Waals surface area contributed by atoms with E-state index in [9.17, 15) is 0 Å². The van der Waals surface area contributed by atoms with Crippen molar-refractivity contribution in [1.29, 1.82) is 0 Å². The fraction of sp³-hybridized carbons (Fsp3) is 0.857. The van der Waals surface area contributed by atoms with Crippen molar-refractivity contribution in [2.24, 2.45) is 23.5 Å². The minimum absolute atomic E-state index is 0.237. The highest BCUT2D eigenvalue weighted by Gasteiger charge is 2.51. The Hall–Kier alpha value is -1.10. The van der Waals surface area contributed by atoms with Gasteiger partial charge in [-0.15, -0.1) is 5.10 Å². The van der Waals surface area contributed by atoms with Gasteiger partial charge < -0.3 is 15.5 Å². The van der Waals surface area contributed by atoms with Crippen LogP contribution >= 0.6 is 0 Å². The van der Waals surface area contributed by atoms with E-state index < -0.39 is 0 Å². The van der Waals surface area contributed by atoms with Gasteiger partial charge in [-0.2, -0.15) is 0 Å². The fourth-order valence-electron chi connectivity index (χ4n) is 5.02. The normalized spacial score (nSPS) is 39.7. The van der Waals surface area contributed by atoms with Gasteiger partial charge in [0.2, 0.25) is 5.89 Å². The summed E-state index contributed by atoms with van der Waals surface area (Å²) in [5, 5.41) is 11.8. The molecule has 0 radical (unpaired) electrons. The number of nitrogens with one attached hydrogen (secondary N) is 1. The van der Waals surface area contributed by atoms with Gasteiger partial charge in [0.05, 0.1) is 0 Å². The first-order valence-electron chi connectivity index (χ1n) is 7.55. The molecule has 1 heterocycles. The summed E-state index contributed by atoms with van der Waals surface area (Å²) in [6.07, 6.45) is 8.86. The van der Waals surface area contributed by atoms with E-state index in [0.717, 1.165) is 17.8 Å². The lowest BCUT2D eigenvalue weighted by Crippen LogP contribution is -2.54. The summed E-state index contributed by atoms with van der Waals surface area (Å²) in [5.41, 5.74) is 5.75. The number of aromatic nitrogens is 2. The van der Waals surface area contributed by atoms with E-state index in [2.05, 4.69) is 15.5 Å². The Kier molecular flexibility index (Phi) is 2.59. The van der Waals surface area contributed by atoms with E-state index in [-0.39, 0.29) is 5.54 Å². The quantitative estimate of drug-likeness (QED) is 0.867. The maximum atomic E-state index is 5.65. The zero-order valence-electron chi connectivity index (χ0n) is 11.3. The molecule has 4 aliphatic carbocycles. The third-order valence-corrected chi connectivity index (χ3v) is 5.24. The molecule has 4 bridgehead atoms. The van der Waals surface area contributed by atoms with Crippen molar-refractivity contribution in [2.75, 3.05) is 11.9 Å². The smallest absolute Gasteiger partial charge is 0.315 e. The second kappa shape index (κ2) is 4.20. The number of hydrogen-bond donors (Lipinski definition) is 2. The average Bonchev–Trinajstić information content (AvgIpc) is 2.74. The molecular weight excluding hydrogens is 240 g/mol. The number of nitrogens with zero attached hydrogens (tertiary/aromatic N) is 2. The third-order valence-electron chi connectivity index (χ3n) is 5.24. The van der Waals surface area contributed by atoms with E-state index >= 15 is 0 Å². The van der Waals surface area contributed by atoms with Crippen LogP contribution in [0.3, 0.4) is 0 Å². The van der Waals surface area contributed by atoms with Crippen molar-refractivity contribution in [1.82, 2.24) is 10.2 Å². The van der Waals surface area contributed by atoms with Crippen LogP contribution in [0.5, 0.6) is 0 Å². The Morgan fingerprint density at radius 2 is 1.74 bits per heavy atom.